The predicted octanol–water partition coefficient (Wildman–Crippen LogP) is 2.30. The first-order chi connectivity index (χ1) is 10.1. The smallest absolute Gasteiger partial charge is 0.224 e. The number of rotatable bonds is 5. The topological polar surface area (TPSA) is 71.2 Å². The predicted molar refractivity (Wildman–Crippen MR) is 86.4 cm³/mol. The van der Waals surface area contributed by atoms with Gasteiger partial charge in [-0.1, -0.05) is 18.2 Å². The third-order valence-electron chi connectivity index (χ3n) is 3.23. The van der Waals surface area contributed by atoms with E-state index in [9.17, 15) is 4.79 Å². The molecule has 2 rings (SSSR count). The van der Waals surface area contributed by atoms with Gasteiger partial charge in [0.25, 0.3) is 0 Å². The summed E-state index contributed by atoms with van der Waals surface area (Å²) in [6.45, 7) is 0. The van der Waals surface area contributed by atoms with Gasteiger partial charge < -0.3 is 16.0 Å². The fraction of sp³-hybridized carbons (Fsp3) is 0.250. The van der Waals surface area contributed by atoms with Gasteiger partial charge in [-0.25, -0.2) is 0 Å². The first kappa shape index (κ1) is 14.8. The van der Waals surface area contributed by atoms with Crippen molar-refractivity contribution < 1.29 is 4.79 Å². The Morgan fingerprint density at radius 1 is 1.29 bits per heavy atom. The van der Waals surface area contributed by atoms with Crippen molar-refractivity contribution in [1.29, 1.82) is 0 Å². The highest BCUT2D eigenvalue weighted by atomic mass is 16.1. The van der Waals surface area contributed by atoms with E-state index < -0.39 is 0 Å². The van der Waals surface area contributed by atoms with Crippen LogP contribution < -0.4 is 16.0 Å². The summed E-state index contributed by atoms with van der Waals surface area (Å²) in [5.74, 6) is -0.0469. The highest BCUT2D eigenvalue weighted by Crippen LogP contribution is 2.22. The molecule has 110 valence electrons. The molecule has 2 aromatic rings. The Bertz CT molecular complexity index is 625. The molecule has 0 aliphatic rings. The summed E-state index contributed by atoms with van der Waals surface area (Å²) >= 11 is 0. The van der Waals surface area contributed by atoms with E-state index in [4.69, 9.17) is 5.73 Å². The maximum absolute atomic E-state index is 12.1. The van der Waals surface area contributed by atoms with E-state index in [1.807, 2.05) is 49.3 Å². The van der Waals surface area contributed by atoms with E-state index in [1.54, 1.807) is 12.4 Å². The van der Waals surface area contributed by atoms with Gasteiger partial charge in [0, 0.05) is 32.4 Å². The quantitative estimate of drug-likeness (QED) is 0.826. The van der Waals surface area contributed by atoms with Crippen molar-refractivity contribution in [3.05, 3.63) is 48.3 Å². The maximum atomic E-state index is 12.1. The van der Waals surface area contributed by atoms with E-state index in [0.29, 0.717) is 18.5 Å². The van der Waals surface area contributed by atoms with Gasteiger partial charge in [0.1, 0.15) is 0 Å². The Morgan fingerprint density at radius 3 is 2.76 bits per heavy atom. The Hall–Kier alpha value is -2.56. The molecule has 0 aliphatic carbocycles. The Balaban J connectivity index is 1.98. The molecule has 0 fully saturated rings. The number of nitrogens with two attached hydrogens (primary N) is 1. The van der Waals surface area contributed by atoms with E-state index in [2.05, 4.69) is 10.3 Å². The molecule has 5 nitrogen and oxygen atoms in total. The van der Waals surface area contributed by atoms with Gasteiger partial charge in [-0.2, -0.15) is 0 Å². The lowest BCUT2D eigenvalue weighted by molar-refractivity contribution is -0.116. The molecule has 0 aliphatic heterocycles. The maximum Gasteiger partial charge on any atom is 0.224 e. The molecule has 21 heavy (non-hydrogen) atoms. The summed E-state index contributed by atoms with van der Waals surface area (Å²) in [4.78, 5) is 18.1. The molecular weight excluding hydrogens is 264 g/mol. The average molecular weight is 284 g/mol. The van der Waals surface area contributed by atoms with E-state index >= 15 is 0 Å². The number of benzene rings is 1. The van der Waals surface area contributed by atoms with E-state index in [1.165, 1.54) is 0 Å². The standard InChI is InChI=1S/C16H20N4O/c1-20(2)15-9-10-18-11-14(15)19-16(21)8-7-12-5-3-4-6-13(12)17/h3-6,9-11H,7-8,17H2,1-2H3,(H,19,21). The Labute approximate surface area is 124 Å². The van der Waals surface area contributed by atoms with Gasteiger partial charge >= 0.3 is 0 Å². The van der Waals surface area contributed by atoms with Crippen molar-refractivity contribution in [2.45, 2.75) is 12.8 Å². The van der Waals surface area contributed by atoms with Gasteiger partial charge in [0.15, 0.2) is 0 Å². The zero-order valence-electron chi connectivity index (χ0n) is 12.3. The summed E-state index contributed by atoms with van der Waals surface area (Å²) in [6, 6.07) is 9.47. The Kier molecular flexibility index (Phi) is 4.77. The number of carbonyl (C=O) groups is 1. The average Bonchev–Trinajstić information content (AvgIpc) is 2.47. The summed E-state index contributed by atoms with van der Waals surface area (Å²) in [7, 11) is 3.85. The summed E-state index contributed by atoms with van der Waals surface area (Å²) < 4.78 is 0. The fourth-order valence-electron chi connectivity index (χ4n) is 2.10. The fourth-order valence-corrected chi connectivity index (χ4v) is 2.10. The minimum absolute atomic E-state index is 0.0469. The van der Waals surface area contributed by atoms with Crippen LogP contribution in [-0.4, -0.2) is 25.0 Å². The van der Waals surface area contributed by atoms with Crippen LogP contribution in [0.4, 0.5) is 17.1 Å². The number of aryl methyl sites for hydroxylation is 1. The van der Waals surface area contributed by atoms with Crippen molar-refractivity contribution in [3.63, 3.8) is 0 Å². The van der Waals surface area contributed by atoms with Crippen LogP contribution in [0.1, 0.15) is 12.0 Å². The second-order valence-electron chi connectivity index (χ2n) is 5.03. The number of aromatic nitrogens is 1. The molecule has 1 aromatic heterocycles. The molecule has 0 saturated carbocycles. The second-order valence-corrected chi connectivity index (χ2v) is 5.03. The first-order valence-corrected chi connectivity index (χ1v) is 6.82. The number of carbonyl (C=O) groups excluding carboxylic acids is 1. The lowest BCUT2D eigenvalue weighted by Gasteiger charge is -2.17. The van der Waals surface area contributed by atoms with Crippen LogP contribution in [0.2, 0.25) is 0 Å². The van der Waals surface area contributed by atoms with E-state index in [0.717, 1.165) is 16.9 Å². The van der Waals surface area contributed by atoms with Crippen molar-refractivity contribution in [3.8, 4) is 0 Å². The van der Waals surface area contributed by atoms with Crippen LogP contribution in [0.3, 0.4) is 0 Å². The normalized spacial score (nSPS) is 10.2. The molecule has 0 unspecified atom stereocenters. The molecule has 0 bridgehead atoms. The highest BCUT2D eigenvalue weighted by molar-refractivity contribution is 5.94. The number of amides is 1. The van der Waals surface area contributed by atoms with E-state index in [-0.39, 0.29) is 5.91 Å². The molecule has 0 saturated heterocycles. The van der Waals surface area contributed by atoms with Crippen LogP contribution in [-0.2, 0) is 11.2 Å². The monoisotopic (exact) mass is 284 g/mol. The lowest BCUT2D eigenvalue weighted by Crippen LogP contribution is -2.17. The van der Waals surface area contributed by atoms with Gasteiger partial charge in [-0.15, -0.1) is 0 Å². The number of anilines is 3. The summed E-state index contributed by atoms with van der Waals surface area (Å²) in [5, 5.41) is 2.90. The number of nitrogens with one attached hydrogen (secondary N) is 1. The SMILES string of the molecule is CN(C)c1ccncc1NC(=O)CCc1ccccc1N. The van der Waals surface area contributed by atoms with Crippen molar-refractivity contribution in [2.75, 3.05) is 30.0 Å². The number of nitrogens with zero attached hydrogens (tertiary/aromatic N) is 2. The van der Waals surface area contributed by atoms with Gasteiger partial charge in [0.2, 0.25) is 5.91 Å². The number of pyridine rings is 1. The first-order valence-electron chi connectivity index (χ1n) is 6.82. The summed E-state index contributed by atoms with van der Waals surface area (Å²) in [6.07, 6.45) is 4.37. The Morgan fingerprint density at radius 2 is 2.05 bits per heavy atom. The minimum Gasteiger partial charge on any atom is -0.399 e. The van der Waals surface area contributed by atoms with Crippen LogP contribution >= 0.6 is 0 Å². The van der Waals surface area contributed by atoms with Crippen molar-refractivity contribution in [1.82, 2.24) is 4.98 Å². The van der Waals surface area contributed by atoms with Crippen LogP contribution in [0, 0.1) is 0 Å². The molecule has 1 heterocycles. The van der Waals surface area contributed by atoms with Gasteiger partial charge in [0.05, 0.1) is 17.6 Å². The third kappa shape index (κ3) is 3.95. The van der Waals surface area contributed by atoms with Crippen LogP contribution in [0.5, 0.6) is 0 Å². The van der Waals surface area contributed by atoms with Gasteiger partial charge in [-0.3, -0.25) is 9.78 Å². The molecule has 0 spiro atoms. The summed E-state index contributed by atoms with van der Waals surface area (Å²) in [5.41, 5.74) is 9.23. The molecular formula is C16H20N4O. The third-order valence-corrected chi connectivity index (χ3v) is 3.23. The molecule has 5 heteroatoms. The number of hydrogen-bond donors (Lipinski definition) is 2. The van der Waals surface area contributed by atoms with Gasteiger partial charge in [-0.05, 0) is 24.1 Å². The van der Waals surface area contributed by atoms with Crippen LogP contribution in [0.25, 0.3) is 0 Å². The molecule has 1 aromatic carbocycles. The van der Waals surface area contributed by atoms with Crippen molar-refractivity contribution in [2.24, 2.45) is 0 Å². The number of nitrogen functional groups attached to an aromatic ring is 1. The molecule has 1 amide bonds. The zero-order valence-corrected chi connectivity index (χ0v) is 12.3. The molecule has 0 radical (unpaired) electrons. The highest BCUT2D eigenvalue weighted by Gasteiger charge is 2.09. The zero-order chi connectivity index (χ0) is 15.2. The van der Waals surface area contributed by atoms with Crippen molar-refractivity contribution >= 4 is 23.0 Å². The lowest BCUT2D eigenvalue weighted by atomic mass is 10.1. The largest absolute Gasteiger partial charge is 0.399 e. The molecule has 3 N–H and O–H groups in total. The number of para-hydroxylation sites is 1. The second kappa shape index (κ2) is 6.74. The van der Waals surface area contributed by atoms with Crippen LogP contribution in [0.15, 0.2) is 42.7 Å². The molecule has 0 atom stereocenters. The minimum atomic E-state index is -0.0469. The number of hydrogen-bond acceptors (Lipinski definition) is 4.